The van der Waals surface area contributed by atoms with Crippen LogP contribution in [0.1, 0.15) is 25.8 Å². The van der Waals surface area contributed by atoms with Crippen molar-refractivity contribution in [1.82, 2.24) is 5.32 Å². The molecule has 0 saturated carbocycles. The Kier molecular flexibility index (Phi) is 9.62. The summed E-state index contributed by atoms with van der Waals surface area (Å²) in [6.45, 7) is 8.07. The lowest BCUT2D eigenvalue weighted by molar-refractivity contribution is -0.159. The molecule has 1 atom stereocenters. The first-order valence-electron chi connectivity index (χ1n) is 6.76. The van der Waals surface area contributed by atoms with Gasteiger partial charge in [-0.15, -0.1) is 0 Å². The zero-order valence-corrected chi connectivity index (χ0v) is 12.6. The maximum absolute atomic E-state index is 9.10. The molecule has 6 nitrogen and oxygen atoms in total. The number of aliphatic carboxylic acids is 2. The number of nitrogens with one attached hydrogen (secondary N) is 1. The van der Waals surface area contributed by atoms with Crippen molar-refractivity contribution in [3.8, 4) is 5.75 Å². The van der Waals surface area contributed by atoms with Crippen LogP contribution in [-0.2, 0) is 9.59 Å². The molecule has 1 aromatic rings. The Hall–Kier alpha value is -2.08. The van der Waals surface area contributed by atoms with Gasteiger partial charge < -0.3 is 20.3 Å². The summed E-state index contributed by atoms with van der Waals surface area (Å²) in [5, 5.41) is 18.2. The Labute approximate surface area is 124 Å². The van der Waals surface area contributed by atoms with Crippen molar-refractivity contribution in [2.75, 3.05) is 13.2 Å². The molecule has 0 heterocycles. The molecule has 1 rings (SSSR count). The molecular weight excluding hydrogens is 274 g/mol. The monoisotopic (exact) mass is 297 g/mol. The Bertz CT molecular complexity index is 435. The molecule has 1 aromatic carbocycles. The summed E-state index contributed by atoms with van der Waals surface area (Å²) in [5.74, 6) is -2.66. The van der Waals surface area contributed by atoms with Crippen LogP contribution in [0.25, 0.3) is 0 Å². The summed E-state index contributed by atoms with van der Waals surface area (Å²) in [6, 6.07) is 8.69. The molecule has 0 spiro atoms. The third-order valence-electron chi connectivity index (χ3n) is 2.74. The van der Waals surface area contributed by atoms with Crippen LogP contribution in [0.2, 0.25) is 0 Å². The number of carboxylic acid groups (broad SMARTS) is 2. The molecule has 0 amide bonds. The molecule has 1 unspecified atom stereocenters. The average Bonchev–Trinajstić information content (AvgIpc) is 2.45. The van der Waals surface area contributed by atoms with Crippen molar-refractivity contribution in [2.45, 2.75) is 33.2 Å². The molecule has 0 aliphatic carbocycles. The van der Waals surface area contributed by atoms with Crippen molar-refractivity contribution in [3.63, 3.8) is 0 Å². The van der Waals surface area contributed by atoms with E-state index in [0.717, 1.165) is 25.3 Å². The predicted molar refractivity (Wildman–Crippen MR) is 79.7 cm³/mol. The number of carbonyl (C=O) groups is 2. The normalized spacial score (nSPS) is 11.0. The fraction of sp³-hybridized carbons (Fsp3) is 0.467. The van der Waals surface area contributed by atoms with Crippen LogP contribution in [0.5, 0.6) is 5.75 Å². The van der Waals surface area contributed by atoms with Gasteiger partial charge in [-0.3, -0.25) is 0 Å². The molecule has 0 aliphatic heterocycles. The third-order valence-corrected chi connectivity index (χ3v) is 2.74. The van der Waals surface area contributed by atoms with Gasteiger partial charge in [-0.2, -0.15) is 0 Å². The summed E-state index contributed by atoms with van der Waals surface area (Å²) in [5.41, 5.74) is 1.20. The lowest BCUT2D eigenvalue weighted by Gasteiger charge is -2.12. The summed E-state index contributed by atoms with van der Waals surface area (Å²) in [4.78, 5) is 18.2. The van der Waals surface area contributed by atoms with Crippen molar-refractivity contribution < 1.29 is 24.5 Å². The van der Waals surface area contributed by atoms with Crippen LogP contribution >= 0.6 is 0 Å². The van der Waals surface area contributed by atoms with Crippen molar-refractivity contribution in [2.24, 2.45) is 0 Å². The van der Waals surface area contributed by atoms with Crippen LogP contribution in [0, 0.1) is 6.92 Å². The first kappa shape index (κ1) is 18.9. The SMILES string of the molecule is CCC(C)NCCOc1ccccc1C.O=C(O)C(=O)O. The Balaban J connectivity index is 0.000000567. The lowest BCUT2D eigenvalue weighted by Crippen LogP contribution is -2.29. The predicted octanol–water partition coefficient (Wildman–Crippen LogP) is 1.92. The fourth-order valence-corrected chi connectivity index (χ4v) is 1.33. The number of hydrogen-bond donors (Lipinski definition) is 3. The fourth-order valence-electron chi connectivity index (χ4n) is 1.33. The number of para-hydroxylation sites is 1. The van der Waals surface area contributed by atoms with Gasteiger partial charge >= 0.3 is 11.9 Å². The number of carboxylic acids is 2. The summed E-state index contributed by atoms with van der Waals surface area (Å²) in [6.07, 6.45) is 1.16. The minimum atomic E-state index is -1.82. The first-order valence-corrected chi connectivity index (χ1v) is 6.76. The molecule has 21 heavy (non-hydrogen) atoms. The highest BCUT2D eigenvalue weighted by Crippen LogP contribution is 2.15. The van der Waals surface area contributed by atoms with Crippen LogP contribution < -0.4 is 10.1 Å². The van der Waals surface area contributed by atoms with Gasteiger partial charge in [0, 0.05) is 12.6 Å². The number of aryl methyl sites for hydroxylation is 1. The first-order chi connectivity index (χ1) is 9.88. The van der Waals surface area contributed by atoms with E-state index in [0.29, 0.717) is 6.04 Å². The van der Waals surface area contributed by atoms with Crippen molar-refractivity contribution >= 4 is 11.9 Å². The standard InChI is InChI=1S/C13H21NO.C2H2O4/c1-4-12(3)14-9-10-15-13-8-6-5-7-11(13)2;3-1(4)2(5)6/h5-8,12,14H,4,9-10H2,1-3H3;(H,3,4)(H,5,6). The maximum atomic E-state index is 9.10. The van der Waals surface area contributed by atoms with Gasteiger partial charge in [0.1, 0.15) is 12.4 Å². The van der Waals surface area contributed by atoms with Crippen molar-refractivity contribution in [1.29, 1.82) is 0 Å². The van der Waals surface area contributed by atoms with E-state index in [4.69, 9.17) is 24.5 Å². The summed E-state index contributed by atoms with van der Waals surface area (Å²) < 4.78 is 5.67. The Morgan fingerprint density at radius 2 is 1.81 bits per heavy atom. The third kappa shape index (κ3) is 9.45. The molecule has 0 aliphatic rings. The van der Waals surface area contributed by atoms with Gasteiger partial charge in [0.25, 0.3) is 0 Å². The number of hydrogen-bond acceptors (Lipinski definition) is 4. The van der Waals surface area contributed by atoms with Crippen LogP contribution in [-0.4, -0.2) is 41.3 Å². The lowest BCUT2D eigenvalue weighted by atomic mass is 10.2. The highest BCUT2D eigenvalue weighted by molar-refractivity contribution is 6.27. The largest absolute Gasteiger partial charge is 0.492 e. The minimum Gasteiger partial charge on any atom is -0.492 e. The highest BCUT2D eigenvalue weighted by atomic mass is 16.5. The summed E-state index contributed by atoms with van der Waals surface area (Å²) >= 11 is 0. The smallest absolute Gasteiger partial charge is 0.414 e. The molecule has 0 aromatic heterocycles. The second-order valence-corrected chi connectivity index (χ2v) is 4.49. The maximum Gasteiger partial charge on any atom is 0.414 e. The van der Waals surface area contributed by atoms with Gasteiger partial charge in [0.15, 0.2) is 0 Å². The molecular formula is C15H23NO5. The second-order valence-electron chi connectivity index (χ2n) is 4.49. The molecule has 3 N–H and O–H groups in total. The zero-order chi connectivity index (χ0) is 16.3. The highest BCUT2D eigenvalue weighted by Gasteiger charge is 2.04. The van der Waals surface area contributed by atoms with E-state index in [1.54, 1.807) is 0 Å². The van der Waals surface area contributed by atoms with Crippen molar-refractivity contribution in [3.05, 3.63) is 29.8 Å². The zero-order valence-electron chi connectivity index (χ0n) is 12.6. The van der Waals surface area contributed by atoms with E-state index < -0.39 is 11.9 Å². The van der Waals surface area contributed by atoms with Gasteiger partial charge in [-0.1, -0.05) is 25.1 Å². The molecule has 6 heteroatoms. The summed E-state index contributed by atoms with van der Waals surface area (Å²) in [7, 11) is 0. The van der Waals surface area contributed by atoms with Crippen LogP contribution in [0.15, 0.2) is 24.3 Å². The Morgan fingerprint density at radius 1 is 1.24 bits per heavy atom. The molecule has 0 radical (unpaired) electrons. The van der Waals surface area contributed by atoms with E-state index in [9.17, 15) is 0 Å². The van der Waals surface area contributed by atoms with Crippen LogP contribution in [0.4, 0.5) is 0 Å². The second kappa shape index (κ2) is 10.7. The molecule has 0 saturated heterocycles. The van der Waals surface area contributed by atoms with E-state index in [2.05, 4.69) is 32.2 Å². The molecule has 0 fully saturated rings. The Morgan fingerprint density at radius 3 is 2.29 bits per heavy atom. The minimum absolute atomic E-state index is 0.575. The van der Waals surface area contributed by atoms with Gasteiger partial charge in [-0.25, -0.2) is 9.59 Å². The van der Waals surface area contributed by atoms with Gasteiger partial charge in [-0.05, 0) is 31.9 Å². The van der Waals surface area contributed by atoms with Gasteiger partial charge in [0.2, 0.25) is 0 Å². The van der Waals surface area contributed by atoms with Gasteiger partial charge in [0.05, 0.1) is 0 Å². The number of ether oxygens (including phenoxy) is 1. The number of benzene rings is 1. The van der Waals surface area contributed by atoms with E-state index in [-0.39, 0.29) is 0 Å². The average molecular weight is 297 g/mol. The quantitative estimate of drug-likeness (QED) is 0.548. The van der Waals surface area contributed by atoms with E-state index in [1.165, 1.54) is 5.56 Å². The number of rotatable bonds is 6. The van der Waals surface area contributed by atoms with Crippen LogP contribution in [0.3, 0.4) is 0 Å². The van der Waals surface area contributed by atoms with E-state index >= 15 is 0 Å². The topological polar surface area (TPSA) is 95.9 Å². The molecule has 0 bridgehead atoms. The molecule has 118 valence electrons. The van der Waals surface area contributed by atoms with E-state index in [1.807, 2.05) is 18.2 Å².